The monoisotopic (exact) mass is 201 g/mol. The number of rotatable bonds is 1. The van der Waals surface area contributed by atoms with Crippen LogP contribution in [0.1, 0.15) is 25.0 Å². The van der Waals surface area contributed by atoms with Gasteiger partial charge in [0.2, 0.25) is 0 Å². The molecule has 2 aromatic rings. The number of aromatic amines is 1. The zero-order chi connectivity index (χ0) is 11.0. The van der Waals surface area contributed by atoms with Crippen LogP contribution in [0.25, 0.3) is 16.6 Å². The molecule has 2 rings (SSSR count). The first kappa shape index (κ1) is 9.77. The molecule has 0 bridgehead atoms. The molecule has 1 heterocycles. The highest BCUT2D eigenvalue weighted by molar-refractivity contribution is 5.83. The van der Waals surface area contributed by atoms with Crippen LogP contribution in [0, 0.1) is 6.92 Å². The van der Waals surface area contributed by atoms with E-state index in [4.69, 9.17) is 5.73 Å². The molecule has 0 amide bonds. The van der Waals surface area contributed by atoms with Crippen molar-refractivity contribution in [2.45, 2.75) is 20.8 Å². The zero-order valence-electron chi connectivity index (χ0n) is 9.26. The number of allylic oxidation sites excluding steroid dienone is 2. The van der Waals surface area contributed by atoms with Crippen molar-refractivity contribution in [3.63, 3.8) is 0 Å². The Bertz CT molecular complexity index is 535. The number of nitrogens with two attached hydrogens (primary N) is 1. The molecule has 1 aromatic carbocycles. The first-order valence-electron chi connectivity index (χ1n) is 5.01. The van der Waals surface area contributed by atoms with Crippen LogP contribution in [0.15, 0.2) is 18.2 Å². The predicted octanol–water partition coefficient (Wildman–Crippen LogP) is 2.88. The van der Waals surface area contributed by atoms with E-state index >= 15 is 0 Å². The van der Waals surface area contributed by atoms with E-state index in [-0.39, 0.29) is 0 Å². The van der Waals surface area contributed by atoms with E-state index < -0.39 is 0 Å². The second-order valence-electron chi connectivity index (χ2n) is 3.78. The van der Waals surface area contributed by atoms with Crippen LogP contribution in [-0.4, -0.2) is 9.97 Å². The molecule has 1 aromatic heterocycles. The Morgan fingerprint density at radius 1 is 1.47 bits per heavy atom. The first-order valence-corrected chi connectivity index (χ1v) is 5.01. The first-order chi connectivity index (χ1) is 7.11. The average molecular weight is 201 g/mol. The van der Waals surface area contributed by atoms with Gasteiger partial charge in [0, 0.05) is 0 Å². The molecule has 0 aliphatic carbocycles. The molecular formula is C12H15N3. The number of aromatic nitrogens is 2. The van der Waals surface area contributed by atoms with Crippen LogP contribution in [0.4, 0.5) is 5.95 Å². The van der Waals surface area contributed by atoms with Gasteiger partial charge in [-0.3, -0.25) is 0 Å². The van der Waals surface area contributed by atoms with Gasteiger partial charge in [-0.1, -0.05) is 6.08 Å². The molecule has 0 radical (unpaired) electrons. The second-order valence-corrected chi connectivity index (χ2v) is 3.78. The lowest BCUT2D eigenvalue weighted by Gasteiger charge is -2.05. The fourth-order valence-corrected chi connectivity index (χ4v) is 1.77. The van der Waals surface area contributed by atoms with Crippen molar-refractivity contribution in [3.05, 3.63) is 29.3 Å². The van der Waals surface area contributed by atoms with Gasteiger partial charge in [-0.05, 0) is 49.6 Å². The summed E-state index contributed by atoms with van der Waals surface area (Å²) < 4.78 is 0. The molecule has 78 valence electrons. The number of aryl methyl sites for hydroxylation is 1. The number of nitrogens with zero attached hydrogens (tertiary/aromatic N) is 1. The van der Waals surface area contributed by atoms with Crippen molar-refractivity contribution in [3.8, 4) is 0 Å². The third-order valence-corrected chi connectivity index (χ3v) is 2.70. The van der Waals surface area contributed by atoms with Crippen molar-refractivity contribution in [1.29, 1.82) is 0 Å². The lowest BCUT2D eigenvalue weighted by Crippen LogP contribution is -1.86. The summed E-state index contributed by atoms with van der Waals surface area (Å²) in [5.74, 6) is 0.472. The second kappa shape index (κ2) is 3.42. The van der Waals surface area contributed by atoms with E-state index in [0.717, 1.165) is 11.0 Å². The van der Waals surface area contributed by atoms with E-state index in [1.807, 2.05) is 6.92 Å². The highest BCUT2D eigenvalue weighted by Crippen LogP contribution is 2.24. The number of hydrogen-bond acceptors (Lipinski definition) is 2. The maximum Gasteiger partial charge on any atom is 0.198 e. The fraction of sp³-hybridized carbons (Fsp3) is 0.250. The Kier molecular flexibility index (Phi) is 2.23. The molecule has 15 heavy (non-hydrogen) atoms. The van der Waals surface area contributed by atoms with Gasteiger partial charge in [-0.25, -0.2) is 4.98 Å². The molecule has 0 saturated heterocycles. The molecule has 3 heteroatoms. The number of H-pyrrole nitrogens is 1. The number of hydrogen-bond donors (Lipinski definition) is 2. The van der Waals surface area contributed by atoms with Gasteiger partial charge < -0.3 is 10.7 Å². The summed E-state index contributed by atoms with van der Waals surface area (Å²) in [5.41, 5.74) is 11.3. The van der Waals surface area contributed by atoms with Crippen LogP contribution in [-0.2, 0) is 0 Å². The minimum absolute atomic E-state index is 0.472. The number of fused-ring (bicyclic) bond motifs is 1. The molecule has 0 atom stereocenters. The van der Waals surface area contributed by atoms with Crippen molar-refractivity contribution < 1.29 is 0 Å². The van der Waals surface area contributed by atoms with E-state index in [9.17, 15) is 0 Å². The summed E-state index contributed by atoms with van der Waals surface area (Å²) in [5, 5.41) is 0. The van der Waals surface area contributed by atoms with Gasteiger partial charge in [0.05, 0.1) is 11.0 Å². The molecule has 0 fully saturated rings. The molecule has 0 unspecified atom stereocenters. The number of imidazole rings is 1. The molecule has 0 aliphatic rings. The summed E-state index contributed by atoms with van der Waals surface area (Å²) in [7, 11) is 0. The van der Waals surface area contributed by atoms with E-state index in [2.05, 4.69) is 42.0 Å². The Labute approximate surface area is 89.0 Å². The van der Waals surface area contributed by atoms with Crippen molar-refractivity contribution in [1.82, 2.24) is 9.97 Å². The Morgan fingerprint density at radius 2 is 2.20 bits per heavy atom. The zero-order valence-corrected chi connectivity index (χ0v) is 9.26. The smallest absolute Gasteiger partial charge is 0.198 e. The van der Waals surface area contributed by atoms with Gasteiger partial charge in [-0.2, -0.15) is 0 Å². The third kappa shape index (κ3) is 1.61. The summed E-state index contributed by atoms with van der Waals surface area (Å²) in [6.07, 6.45) is 2.10. The highest BCUT2D eigenvalue weighted by atomic mass is 15.0. The molecule has 0 spiro atoms. The van der Waals surface area contributed by atoms with Crippen LogP contribution in [0.3, 0.4) is 0 Å². The lowest BCUT2D eigenvalue weighted by molar-refractivity contribution is 1.35. The van der Waals surface area contributed by atoms with E-state index in [1.54, 1.807) is 0 Å². The molecular weight excluding hydrogens is 186 g/mol. The summed E-state index contributed by atoms with van der Waals surface area (Å²) in [6, 6.07) is 4.16. The van der Waals surface area contributed by atoms with Crippen molar-refractivity contribution in [2.24, 2.45) is 0 Å². The van der Waals surface area contributed by atoms with Crippen LogP contribution in [0.2, 0.25) is 0 Å². The summed E-state index contributed by atoms with van der Waals surface area (Å²) >= 11 is 0. The standard InChI is InChI=1S/C12H15N3/c1-4-7(2)9-6-11-10(5-8(9)3)14-12(13)15-11/h4-6H,1-3H3,(H3,13,14,15)/b7-4+. The van der Waals surface area contributed by atoms with E-state index in [1.165, 1.54) is 16.7 Å². The quantitative estimate of drug-likeness (QED) is 0.745. The number of anilines is 1. The topological polar surface area (TPSA) is 54.7 Å². The normalized spacial score (nSPS) is 12.3. The summed E-state index contributed by atoms with van der Waals surface area (Å²) in [4.78, 5) is 7.26. The maximum absolute atomic E-state index is 5.62. The minimum Gasteiger partial charge on any atom is -0.369 e. The maximum atomic E-state index is 5.62. The molecule has 0 saturated carbocycles. The number of nitrogens with one attached hydrogen (secondary N) is 1. The fourth-order valence-electron chi connectivity index (χ4n) is 1.77. The number of benzene rings is 1. The average Bonchev–Trinajstić information content (AvgIpc) is 2.55. The van der Waals surface area contributed by atoms with Crippen molar-refractivity contribution in [2.75, 3.05) is 5.73 Å². The molecule has 0 aliphatic heterocycles. The molecule has 3 nitrogen and oxygen atoms in total. The third-order valence-electron chi connectivity index (χ3n) is 2.70. The number of nitrogen functional groups attached to an aromatic ring is 1. The van der Waals surface area contributed by atoms with E-state index in [0.29, 0.717) is 5.95 Å². The van der Waals surface area contributed by atoms with Gasteiger partial charge >= 0.3 is 0 Å². The Balaban J connectivity index is 2.71. The van der Waals surface area contributed by atoms with Crippen LogP contribution < -0.4 is 5.73 Å². The van der Waals surface area contributed by atoms with Crippen LogP contribution >= 0.6 is 0 Å². The minimum atomic E-state index is 0.472. The molecule has 3 N–H and O–H groups in total. The van der Waals surface area contributed by atoms with Gasteiger partial charge in [-0.15, -0.1) is 0 Å². The van der Waals surface area contributed by atoms with Gasteiger partial charge in [0.1, 0.15) is 0 Å². The lowest BCUT2D eigenvalue weighted by atomic mass is 10.0. The summed E-state index contributed by atoms with van der Waals surface area (Å²) in [6.45, 7) is 6.24. The van der Waals surface area contributed by atoms with Gasteiger partial charge in [0.15, 0.2) is 5.95 Å². The SMILES string of the molecule is C/C=C(\C)c1cc2nc(N)[nH]c2cc1C. The van der Waals surface area contributed by atoms with Crippen LogP contribution in [0.5, 0.6) is 0 Å². The Hall–Kier alpha value is -1.77. The largest absolute Gasteiger partial charge is 0.369 e. The Morgan fingerprint density at radius 3 is 2.87 bits per heavy atom. The van der Waals surface area contributed by atoms with Gasteiger partial charge in [0.25, 0.3) is 0 Å². The highest BCUT2D eigenvalue weighted by Gasteiger charge is 2.05. The van der Waals surface area contributed by atoms with Crippen molar-refractivity contribution >= 4 is 22.6 Å². The predicted molar refractivity (Wildman–Crippen MR) is 64.6 cm³/mol.